The summed E-state index contributed by atoms with van der Waals surface area (Å²) in [6, 6.07) is 19.4. The smallest absolute Gasteiger partial charge is 0.545 e. The Kier molecular flexibility index (Phi) is 11.2. The van der Waals surface area contributed by atoms with Gasteiger partial charge in [-0.15, -0.1) is 0 Å². The molecule has 172 valence electrons. The van der Waals surface area contributed by atoms with Crippen molar-refractivity contribution in [3.63, 3.8) is 0 Å². The number of carboxylic acids is 1. The fraction of sp³-hybridized carbons (Fsp3) is 0.200. The molecule has 3 aromatic carbocycles. The third-order valence-electron chi connectivity index (χ3n) is 5.13. The molecule has 0 aliphatic rings. The summed E-state index contributed by atoms with van der Waals surface area (Å²) < 4.78 is 0. The number of aliphatic hydroxyl groups is 2. The van der Waals surface area contributed by atoms with Crippen molar-refractivity contribution in [2.75, 3.05) is 18.5 Å². The van der Waals surface area contributed by atoms with E-state index in [1.165, 1.54) is 24.3 Å². The first-order valence-corrected chi connectivity index (χ1v) is 10.7. The van der Waals surface area contributed by atoms with Gasteiger partial charge in [-0.2, -0.15) is 0 Å². The Morgan fingerprint density at radius 1 is 0.971 bits per heavy atom. The number of aliphatic hydroxyl groups excluding tert-OH is 2. The molecule has 0 saturated heterocycles. The van der Waals surface area contributed by atoms with Crippen LogP contribution in [-0.2, 0) is 6.42 Å². The van der Waals surface area contributed by atoms with Crippen LogP contribution >= 0.6 is 11.6 Å². The summed E-state index contributed by atoms with van der Waals surface area (Å²) in [6.45, 7) is 0.152. The first-order valence-electron chi connectivity index (χ1n) is 10.3. The predicted octanol–water partition coefficient (Wildman–Crippen LogP) is -0.814. The SMILES string of the molecule is O=C([O-])c1ccc(C(=O)Nc2ccc(C[C@@H](CO)NC[C@H](O)c3cccc(Cl)c3)cc2)cc1.[Na+]. The van der Waals surface area contributed by atoms with Crippen molar-refractivity contribution in [3.8, 4) is 0 Å². The zero-order valence-corrected chi connectivity index (χ0v) is 21.5. The van der Waals surface area contributed by atoms with Gasteiger partial charge in [-0.1, -0.05) is 48.0 Å². The standard InChI is InChI=1S/C25H25ClN2O5.Na/c26-20-3-1-2-19(13-20)23(30)14-27-22(15-29)12-16-4-10-21(11-5-16)28-24(31)17-6-8-18(9-7-17)25(32)33;/h1-11,13,22-23,27,29-30H,12,14-15H2,(H,28,31)(H,32,33);/q;+1/p-1/t22-,23-;/m0./s1. The molecule has 0 aliphatic heterocycles. The van der Waals surface area contributed by atoms with Crippen LogP contribution < -0.4 is 45.3 Å². The molecule has 0 unspecified atom stereocenters. The molecule has 0 radical (unpaired) electrons. The predicted molar refractivity (Wildman–Crippen MR) is 124 cm³/mol. The molecule has 2 atom stereocenters. The van der Waals surface area contributed by atoms with Crippen molar-refractivity contribution < 1.29 is 54.5 Å². The molecule has 0 heterocycles. The topological polar surface area (TPSA) is 122 Å². The van der Waals surface area contributed by atoms with Crippen LogP contribution in [-0.4, -0.2) is 41.3 Å². The molecular weight excluding hydrogens is 467 g/mol. The van der Waals surface area contributed by atoms with Crippen LogP contribution in [0.15, 0.2) is 72.8 Å². The number of amides is 1. The van der Waals surface area contributed by atoms with Gasteiger partial charge in [0.2, 0.25) is 0 Å². The van der Waals surface area contributed by atoms with Crippen LogP contribution in [0.5, 0.6) is 0 Å². The van der Waals surface area contributed by atoms with Gasteiger partial charge in [0.15, 0.2) is 0 Å². The molecule has 4 N–H and O–H groups in total. The van der Waals surface area contributed by atoms with Gasteiger partial charge >= 0.3 is 29.6 Å². The molecular formula is C25H24ClN2NaO5. The summed E-state index contributed by atoms with van der Waals surface area (Å²) in [5, 5.41) is 37.3. The molecule has 1 amide bonds. The largest absolute Gasteiger partial charge is 1.00 e. The second-order valence-electron chi connectivity index (χ2n) is 7.58. The van der Waals surface area contributed by atoms with E-state index in [-0.39, 0.29) is 60.2 Å². The number of carbonyl (C=O) groups excluding carboxylic acids is 2. The van der Waals surface area contributed by atoms with Crippen LogP contribution in [0.3, 0.4) is 0 Å². The first kappa shape index (κ1) is 28.0. The van der Waals surface area contributed by atoms with Crippen LogP contribution in [0.4, 0.5) is 5.69 Å². The Hall–Kier alpha value is -2.23. The number of anilines is 1. The monoisotopic (exact) mass is 490 g/mol. The second-order valence-corrected chi connectivity index (χ2v) is 8.01. The average Bonchev–Trinajstić information content (AvgIpc) is 2.82. The van der Waals surface area contributed by atoms with Gasteiger partial charge in [0.25, 0.3) is 5.91 Å². The number of rotatable bonds is 10. The van der Waals surface area contributed by atoms with Crippen LogP contribution in [0, 0.1) is 0 Å². The van der Waals surface area contributed by atoms with Crippen molar-refractivity contribution in [2.45, 2.75) is 18.6 Å². The Labute approximate surface area is 225 Å². The van der Waals surface area contributed by atoms with E-state index in [4.69, 9.17) is 11.6 Å². The molecule has 0 fully saturated rings. The second kappa shape index (κ2) is 13.6. The molecule has 0 aromatic heterocycles. The summed E-state index contributed by atoms with van der Waals surface area (Å²) in [5.41, 5.74) is 2.55. The van der Waals surface area contributed by atoms with Gasteiger partial charge in [0.1, 0.15) is 0 Å². The van der Waals surface area contributed by atoms with Crippen molar-refractivity contribution in [2.24, 2.45) is 0 Å². The van der Waals surface area contributed by atoms with E-state index in [0.717, 1.165) is 5.56 Å². The number of hydrogen-bond donors (Lipinski definition) is 4. The maximum atomic E-state index is 12.3. The third kappa shape index (κ3) is 8.21. The zero-order chi connectivity index (χ0) is 23.8. The fourth-order valence-corrected chi connectivity index (χ4v) is 3.48. The minimum Gasteiger partial charge on any atom is -0.545 e. The molecule has 0 saturated carbocycles. The van der Waals surface area contributed by atoms with Crippen LogP contribution in [0.2, 0.25) is 5.02 Å². The van der Waals surface area contributed by atoms with Crippen molar-refractivity contribution in [1.82, 2.24) is 5.32 Å². The fourth-order valence-electron chi connectivity index (χ4n) is 3.28. The van der Waals surface area contributed by atoms with Gasteiger partial charge in [0.05, 0.1) is 18.7 Å². The van der Waals surface area contributed by atoms with E-state index in [9.17, 15) is 24.9 Å². The number of nitrogens with one attached hydrogen (secondary N) is 2. The van der Waals surface area contributed by atoms with Gasteiger partial charge in [-0.3, -0.25) is 4.79 Å². The molecule has 3 aromatic rings. The van der Waals surface area contributed by atoms with E-state index >= 15 is 0 Å². The maximum absolute atomic E-state index is 12.3. The van der Waals surface area contributed by atoms with Crippen molar-refractivity contribution in [1.29, 1.82) is 0 Å². The summed E-state index contributed by atoms with van der Waals surface area (Å²) in [6.07, 6.45) is -0.228. The van der Waals surface area contributed by atoms with Crippen LogP contribution in [0.25, 0.3) is 0 Å². The Bertz CT molecular complexity index is 1090. The van der Waals surface area contributed by atoms with E-state index in [1.807, 2.05) is 12.1 Å². The summed E-state index contributed by atoms with van der Waals surface area (Å²) >= 11 is 5.96. The summed E-state index contributed by atoms with van der Waals surface area (Å²) in [4.78, 5) is 23.1. The molecule has 0 bridgehead atoms. The molecule has 3 rings (SSSR count). The van der Waals surface area contributed by atoms with E-state index in [2.05, 4.69) is 10.6 Å². The number of carbonyl (C=O) groups is 2. The normalized spacial score (nSPS) is 12.3. The quantitative estimate of drug-likeness (QED) is 0.276. The Morgan fingerprint density at radius 2 is 1.62 bits per heavy atom. The zero-order valence-electron chi connectivity index (χ0n) is 18.7. The minimum atomic E-state index is -1.30. The molecule has 34 heavy (non-hydrogen) atoms. The average molecular weight is 491 g/mol. The third-order valence-corrected chi connectivity index (χ3v) is 5.37. The number of benzene rings is 3. The molecule has 0 aliphatic carbocycles. The molecule has 7 nitrogen and oxygen atoms in total. The van der Waals surface area contributed by atoms with E-state index in [0.29, 0.717) is 28.3 Å². The van der Waals surface area contributed by atoms with E-state index < -0.39 is 12.1 Å². The van der Waals surface area contributed by atoms with Gasteiger partial charge in [-0.05, 0) is 59.5 Å². The Morgan fingerprint density at radius 3 is 2.21 bits per heavy atom. The number of halogens is 1. The van der Waals surface area contributed by atoms with Crippen LogP contribution in [0.1, 0.15) is 37.9 Å². The van der Waals surface area contributed by atoms with Gasteiger partial charge in [-0.25, -0.2) is 0 Å². The molecule has 0 spiro atoms. The van der Waals surface area contributed by atoms with Crippen molar-refractivity contribution >= 4 is 29.2 Å². The number of hydrogen-bond acceptors (Lipinski definition) is 6. The summed E-state index contributed by atoms with van der Waals surface area (Å²) in [5.74, 6) is -1.66. The first-order chi connectivity index (χ1) is 15.9. The van der Waals surface area contributed by atoms with E-state index in [1.54, 1.807) is 36.4 Å². The number of carboxylic acid groups (broad SMARTS) is 1. The summed E-state index contributed by atoms with van der Waals surface area (Å²) in [7, 11) is 0. The van der Waals surface area contributed by atoms with Gasteiger partial charge < -0.3 is 30.7 Å². The maximum Gasteiger partial charge on any atom is 1.00 e. The van der Waals surface area contributed by atoms with Crippen molar-refractivity contribution in [3.05, 3.63) is 100 Å². The number of aromatic carboxylic acids is 1. The van der Waals surface area contributed by atoms with Gasteiger partial charge in [0, 0.05) is 28.9 Å². The Balaban J connectivity index is 0.00000408. The molecule has 9 heteroatoms. The minimum absolute atomic E-state index is 0.